The summed E-state index contributed by atoms with van der Waals surface area (Å²) >= 11 is 0. The van der Waals surface area contributed by atoms with Crippen LogP contribution in [0.4, 0.5) is 4.39 Å². The molecule has 0 saturated heterocycles. The molecule has 18 heavy (non-hydrogen) atoms. The van der Waals surface area contributed by atoms with Crippen LogP contribution in [-0.4, -0.2) is 6.54 Å². The number of hydrogen-bond acceptors (Lipinski definition) is 1. The van der Waals surface area contributed by atoms with Crippen molar-refractivity contribution in [3.8, 4) is 0 Å². The molecule has 1 aromatic rings. The second-order valence-corrected chi connectivity index (χ2v) is 4.79. The molecular formula is C16H24FN. The fourth-order valence-corrected chi connectivity index (χ4v) is 2.14. The van der Waals surface area contributed by atoms with Crippen molar-refractivity contribution in [3.63, 3.8) is 0 Å². The Hall–Kier alpha value is -1.15. The van der Waals surface area contributed by atoms with Crippen molar-refractivity contribution >= 4 is 0 Å². The summed E-state index contributed by atoms with van der Waals surface area (Å²) in [4.78, 5) is 0. The third kappa shape index (κ3) is 5.01. The largest absolute Gasteiger partial charge is 0.310 e. The zero-order chi connectivity index (χ0) is 13.4. The summed E-state index contributed by atoms with van der Waals surface area (Å²) in [7, 11) is 0. The second kappa shape index (κ2) is 8.04. The molecule has 0 heterocycles. The lowest BCUT2D eigenvalue weighted by atomic mass is 9.99. The van der Waals surface area contributed by atoms with Crippen LogP contribution < -0.4 is 5.32 Å². The summed E-state index contributed by atoms with van der Waals surface area (Å²) in [6.07, 6.45) is 6.15. The maximum Gasteiger partial charge on any atom is 0.123 e. The number of allylic oxidation sites excluding steroid dienone is 1. The highest BCUT2D eigenvalue weighted by Gasteiger charge is 2.11. The lowest BCUT2D eigenvalue weighted by molar-refractivity contribution is 0.483. The number of aryl methyl sites for hydroxylation is 1. The number of hydrogen-bond donors (Lipinski definition) is 1. The van der Waals surface area contributed by atoms with Crippen LogP contribution in [0.2, 0.25) is 0 Å². The standard InChI is InChI=1S/C16H24FN/c1-4-6-7-8-16(18-9-5-2)14-10-13(3)11-15(17)12-14/h4,10-12,16,18H,1,5-9H2,2-3H3. The Morgan fingerprint density at radius 3 is 2.78 bits per heavy atom. The first kappa shape index (κ1) is 14.9. The van der Waals surface area contributed by atoms with E-state index in [-0.39, 0.29) is 11.9 Å². The van der Waals surface area contributed by atoms with E-state index in [0.717, 1.165) is 43.4 Å². The van der Waals surface area contributed by atoms with Crippen LogP contribution in [0.1, 0.15) is 49.8 Å². The van der Waals surface area contributed by atoms with Crippen molar-refractivity contribution in [1.82, 2.24) is 5.32 Å². The van der Waals surface area contributed by atoms with E-state index >= 15 is 0 Å². The molecule has 0 amide bonds. The van der Waals surface area contributed by atoms with Gasteiger partial charge >= 0.3 is 0 Å². The Kier molecular flexibility index (Phi) is 6.66. The Labute approximate surface area is 110 Å². The van der Waals surface area contributed by atoms with Gasteiger partial charge in [-0.1, -0.05) is 19.1 Å². The van der Waals surface area contributed by atoms with Crippen molar-refractivity contribution in [3.05, 3.63) is 47.8 Å². The predicted molar refractivity (Wildman–Crippen MR) is 76.2 cm³/mol. The van der Waals surface area contributed by atoms with Crippen LogP contribution in [0, 0.1) is 12.7 Å². The van der Waals surface area contributed by atoms with Crippen LogP contribution in [0.5, 0.6) is 0 Å². The van der Waals surface area contributed by atoms with Gasteiger partial charge in [-0.15, -0.1) is 6.58 Å². The molecule has 0 bridgehead atoms. The fourth-order valence-electron chi connectivity index (χ4n) is 2.14. The maximum atomic E-state index is 13.5. The SMILES string of the molecule is C=CCCCC(NCCC)c1cc(C)cc(F)c1. The summed E-state index contributed by atoms with van der Waals surface area (Å²) in [5, 5.41) is 3.50. The normalized spacial score (nSPS) is 12.4. The van der Waals surface area contributed by atoms with Crippen molar-refractivity contribution < 1.29 is 4.39 Å². The summed E-state index contributed by atoms with van der Waals surface area (Å²) in [6, 6.07) is 5.54. The van der Waals surface area contributed by atoms with Crippen LogP contribution in [0.25, 0.3) is 0 Å². The average Bonchev–Trinajstić information content (AvgIpc) is 2.32. The van der Waals surface area contributed by atoms with E-state index in [1.807, 2.05) is 13.0 Å². The monoisotopic (exact) mass is 249 g/mol. The first-order chi connectivity index (χ1) is 8.67. The molecule has 1 aromatic carbocycles. The lowest BCUT2D eigenvalue weighted by Crippen LogP contribution is -2.22. The summed E-state index contributed by atoms with van der Waals surface area (Å²) in [5.41, 5.74) is 2.04. The van der Waals surface area contributed by atoms with E-state index in [2.05, 4.69) is 24.9 Å². The second-order valence-electron chi connectivity index (χ2n) is 4.79. The smallest absolute Gasteiger partial charge is 0.123 e. The molecular weight excluding hydrogens is 225 g/mol. The maximum absolute atomic E-state index is 13.5. The highest BCUT2D eigenvalue weighted by Crippen LogP contribution is 2.22. The minimum atomic E-state index is -0.142. The minimum Gasteiger partial charge on any atom is -0.310 e. The Balaban J connectivity index is 2.75. The van der Waals surface area contributed by atoms with Gasteiger partial charge in [0.25, 0.3) is 0 Å². The molecule has 1 N–H and O–H groups in total. The van der Waals surface area contributed by atoms with E-state index in [9.17, 15) is 4.39 Å². The van der Waals surface area contributed by atoms with Gasteiger partial charge in [0, 0.05) is 6.04 Å². The molecule has 0 aliphatic heterocycles. The number of unbranched alkanes of at least 4 members (excludes halogenated alkanes) is 1. The molecule has 1 atom stereocenters. The molecule has 0 saturated carbocycles. The highest BCUT2D eigenvalue weighted by molar-refractivity contribution is 5.26. The topological polar surface area (TPSA) is 12.0 Å². The fraction of sp³-hybridized carbons (Fsp3) is 0.500. The Morgan fingerprint density at radius 1 is 1.39 bits per heavy atom. The van der Waals surface area contributed by atoms with Gasteiger partial charge in [-0.2, -0.15) is 0 Å². The lowest BCUT2D eigenvalue weighted by Gasteiger charge is -2.19. The summed E-state index contributed by atoms with van der Waals surface area (Å²) in [5.74, 6) is -0.142. The molecule has 100 valence electrons. The van der Waals surface area contributed by atoms with Crippen molar-refractivity contribution in [2.24, 2.45) is 0 Å². The molecule has 0 spiro atoms. The molecule has 0 radical (unpaired) electrons. The van der Waals surface area contributed by atoms with E-state index in [1.54, 1.807) is 12.1 Å². The van der Waals surface area contributed by atoms with Crippen LogP contribution in [0.15, 0.2) is 30.9 Å². The first-order valence-electron chi connectivity index (χ1n) is 6.78. The van der Waals surface area contributed by atoms with Gasteiger partial charge in [-0.25, -0.2) is 4.39 Å². The predicted octanol–water partition coefficient (Wildman–Crippen LogP) is 4.53. The van der Waals surface area contributed by atoms with E-state index in [4.69, 9.17) is 0 Å². The molecule has 0 fully saturated rings. The molecule has 0 aromatic heterocycles. The van der Waals surface area contributed by atoms with Gasteiger partial charge in [-0.05, 0) is 62.4 Å². The van der Waals surface area contributed by atoms with Gasteiger partial charge in [0.15, 0.2) is 0 Å². The van der Waals surface area contributed by atoms with Gasteiger partial charge < -0.3 is 5.32 Å². The number of nitrogens with one attached hydrogen (secondary N) is 1. The molecule has 1 nitrogen and oxygen atoms in total. The Morgan fingerprint density at radius 2 is 2.17 bits per heavy atom. The number of rotatable bonds is 8. The van der Waals surface area contributed by atoms with Gasteiger partial charge in [0.1, 0.15) is 5.82 Å². The van der Waals surface area contributed by atoms with Crippen molar-refractivity contribution in [2.45, 2.75) is 45.6 Å². The van der Waals surface area contributed by atoms with Gasteiger partial charge in [0.2, 0.25) is 0 Å². The average molecular weight is 249 g/mol. The third-order valence-corrected chi connectivity index (χ3v) is 3.01. The molecule has 2 heteroatoms. The first-order valence-corrected chi connectivity index (χ1v) is 6.78. The summed E-state index contributed by atoms with van der Waals surface area (Å²) in [6.45, 7) is 8.79. The van der Waals surface area contributed by atoms with Crippen molar-refractivity contribution in [1.29, 1.82) is 0 Å². The molecule has 1 rings (SSSR count). The van der Waals surface area contributed by atoms with Crippen LogP contribution in [-0.2, 0) is 0 Å². The van der Waals surface area contributed by atoms with E-state index in [1.165, 1.54) is 0 Å². The van der Waals surface area contributed by atoms with Crippen LogP contribution >= 0.6 is 0 Å². The quantitative estimate of drug-likeness (QED) is 0.527. The van der Waals surface area contributed by atoms with Crippen molar-refractivity contribution in [2.75, 3.05) is 6.54 Å². The third-order valence-electron chi connectivity index (χ3n) is 3.01. The minimum absolute atomic E-state index is 0.142. The number of halogens is 1. The molecule has 1 unspecified atom stereocenters. The van der Waals surface area contributed by atoms with Gasteiger partial charge in [0.05, 0.1) is 0 Å². The zero-order valence-corrected chi connectivity index (χ0v) is 11.5. The molecule has 0 aliphatic rings. The highest BCUT2D eigenvalue weighted by atomic mass is 19.1. The Bertz CT molecular complexity index is 353. The van der Waals surface area contributed by atoms with E-state index in [0.29, 0.717) is 0 Å². The van der Waals surface area contributed by atoms with E-state index < -0.39 is 0 Å². The number of benzene rings is 1. The van der Waals surface area contributed by atoms with Crippen LogP contribution in [0.3, 0.4) is 0 Å². The summed E-state index contributed by atoms with van der Waals surface area (Å²) < 4.78 is 13.5. The van der Waals surface area contributed by atoms with Gasteiger partial charge in [-0.3, -0.25) is 0 Å². The zero-order valence-electron chi connectivity index (χ0n) is 11.5. The molecule has 0 aliphatic carbocycles.